The molecule has 0 bridgehead atoms. The second kappa shape index (κ2) is 5.43. The Kier molecular flexibility index (Phi) is 2.69. The van der Waals surface area contributed by atoms with Crippen molar-refractivity contribution in [2.45, 2.75) is 24.7 Å². The summed E-state index contributed by atoms with van der Waals surface area (Å²) in [6.45, 7) is 0. The van der Waals surface area contributed by atoms with E-state index in [2.05, 4.69) is 65.1 Å². The Morgan fingerprint density at radius 3 is 2.11 bits per heavy atom. The zero-order chi connectivity index (χ0) is 24.7. The van der Waals surface area contributed by atoms with Crippen molar-refractivity contribution in [1.29, 1.82) is 10.5 Å². The molecule has 5 aliphatic rings. The van der Waals surface area contributed by atoms with Crippen molar-refractivity contribution >= 4 is 38.1 Å². The smallest absolute Gasteiger partial charge is 0.0992 e. The van der Waals surface area contributed by atoms with Gasteiger partial charge in [-0.05, 0) is 101 Å². The monoisotopic (exact) mass is 483 g/mol. The number of benzene rings is 4. The van der Waals surface area contributed by atoms with E-state index in [4.69, 9.17) is 0 Å². The minimum atomic E-state index is 0.122. The maximum Gasteiger partial charge on any atom is 0.0992 e. The lowest BCUT2D eigenvalue weighted by Crippen LogP contribution is -2.88. The molecule has 0 aliphatic heterocycles. The van der Waals surface area contributed by atoms with Crippen LogP contribution in [0.1, 0.15) is 41.5 Å². The first-order valence-corrected chi connectivity index (χ1v) is 13.9. The molecule has 4 unspecified atom stereocenters. The van der Waals surface area contributed by atoms with Gasteiger partial charge in [0.05, 0.1) is 39.8 Å². The maximum absolute atomic E-state index is 9.80. The van der Waals surface area contributed by atoms with Crippen LogP contribution in [-0.4, -0.2) is 4.40 Å². The molecular weight excluding hydrogens is 462 g/mol. The van der Waals surface area contributed by atoms with Crippen LogP contribution >= 0.6 is 0 Å². The molecule has 2 heterocycles. The van der Waals surface area contributed by atoms with Gasteiger partial charge in [-0.3, -0.25) is 0 Å². The maximum atomic E-state index is 9.80. The van der Waals surface area contributed by atoms with Crippen molar-refractivity contribution in [3.63, 3.8) is 0 Å². The molecule has 5 aliphatic carbocycles. The average Bonchev–Trinajstić information content (AvgIpc) is 3.53. The van der Waals surface area contributed by atoms with Gasteiger partial charge in [0.25, 0.3) is 0 Å². The third kappa shape index (κ3) is 1.50. The highest BCUT2D eigenvalue weighted by atomic mass is 14.9. The fourth-order valence-corrected chi connectivity index (χ4v) is 11.2. The van der Waals surface area contributed by atoms with Crippen LogP contribution in [0.5, 0.6) is 0 Å². The van der Waals surface area contributed by atoms with Gasteiger partial charge in [-0.15, -0.1) is 0 Å². The Hall–Kier alpha value is -4.34. The highest BCUT2D eigenvalue weighted by Crippen LogP contribution is 2.95. The molecule has 0 radical (unpaired) electrons. The van der Waals surface area contributed by atoms with E-state index in [0.717, 1.165) is 34.7 Å². The summed E-state index contributed by atoms with van der Waals surface area (Å²) in [5.41, 5.74) is 11.5. The Balaban J connectivity index is 1.39. The van der Waals surface area contributed by atoms with Gasteiger partial charge in [-0.2, -0.15) is 10.5 Å². The SMILES string of the molecule is N#Cc1ccc2c3cc4c(c5c6ccc(C#N)cc6n(c2c1)c35)C1(c2ccccc2-4)C2CC3CC4CC1C342. The number of nitrogens with zero attached hydrogens (tertiary/aromatic N) is 3. The molecule has 4 atom stereocenters. The van der Waals surface area contributed by atoms with Crippen molar-refractivity contribution < 1.29 is 0 Å². The van der Waals surface area contributed by atoms with E-state index in [1.165, 1.54) is 57.5 Å². The molecule has 4 saturated carbocycles. The Morgan fingerprint density at radius 1 is 0.711 bits per heavy atom. The standard InChI is InChI=1S/C35H21N3/c36-15-17-5-7-22-25-14-24-21-3-1-2-4-26(21)35(29-12-19-11-20-13-30(35)34(19,20)29)32(24)31-23-8-6-18(16-37)10-28(23)38(33(25)31)27(22)9-17/h1-10,14,19-20,29-30H,11-13H2. The molecule has 11 rings (SSSR count). The van der Waals surface area contributed by atoms with Gasteiger partial charge in [0, 0.05) is 27.0 Å². The highest BCUT2D eigenvalue weighted by molar-refractivity contribution is 6.27. The first kappa shape index (κ1) is 18.8. The molecule has 6 aromatic rings. The van der Waals surface area contributed by atoms with Crippen LogP contribution in [0.3, 0.4) is 0 Å². The van der Waals surface area contributed by atoms with Gasteiger partial charge in [0.1, 0.15) is 0 Å². The lowest BCUT2D eigenvalue weighted by atomic mass is 9.11. The van der Waals surface area contributed by atoms with E-state index in [1.54, 1.807) is 11.1 Å². The zero-order valence-electron chi connectivity index (χ0n) is 20.6. The molecular formula is C35H21N3. The van der Waals surface area contributed by atoms with Gasteiger partial charge < -0.3 is 4.40 Å². The lowest BCUT2D eigenvalue weighted by molar-refractivity contribution is -0.411. The van der Waals surface area contributed by atoms with Crippen LogP contribution in [-0.2, 0) is 5.41 Å². The van der Waals surface area contributed by atoms with E-state index >= 15 is 0 Å². The lowest BCUT2D eigenvalue weighted by Gasteiger charge is -2.92. The fraction of sp³-hybridized carbons (Fsp3) is 0.257. The van der Waals surface area contributed by atoms with Crippen molar-refractivity contribution in [2.24, 2.45) is 29.1 Å². The predicted molar refractivity (Wildman–Crippen MR) is 147 cm³/mol. The number of rotatable bonds is 0. The summed E-state index contributed by atoms with van der Waals surface area (Å²) in [4.78, 5) is 0. The summed E-state index contributed by atoms with van der Waals surface area (Å²) in [6.07, 6.45) is 4.23. The van der Waals surface area contributed by atoms with Gasteiger partial charge >= 0.3 is 0 Å². The highest BCUT2D eigenvalue weighted by Gasteiger charge is 2.90. The van der Waals surface area contributed by atoms with Gasteiger partial charge in [0.2, 0.25) is 0 Å². The summed E-state index contributed by atoms with van der Waals surface area (Å²) < 4.78 is 2.36. The van der Waals surface area contributed by atoms with Crippen LogP contribution in [0.2, 0.25) is 0 Å². The van der Waals surface area contributed by atoms with Crippen LogP contribution in [0.25, 0.3) is 49.2 Å². The molecule has 3 heteroatoms. The number of hydrogen-bond acceptors (Lipinski definition) is 2. The minimum Gasteiger partial charge on any atom is -0.308 e. The van der Waals surface area contributed by atoms with E-state index in [-0.39, 0.29) is 5.41 Å². The molecule has 3 nitrogen and oxygen atoms in total. The van der Waals surface area contributed by atoms with E-state index < -0.39 is 0 Å². The topological polar surface area (TPSA) is 52.0 Å². The molecule has 176 valence electrons. The molecule has 4 aromatic carbocycles. The molecule has 0 amide bonds. The van der Waals surface area contributed by atoms with E-state index in [0.29, 0.717) is 16.5 Å². The molecule has 4 fully saturated rings. The average molecular weight is 484 g/mol. The first-order valence-electron chi connectivity index (χ1n) is 13.9. The molecule has 2 spiro atoms. The second-order valence-electron chi connectivity index (χ2n) is 12.7. The number of nitriles is 2. The zero-order valence-corrected chi connectivity index (χ0v) is 20.6. The molecule has 0 N–H and O–H groups in total. The Morgan fingerprint density at radius 2 is 1.39 bits per heavy atom. The summed E-state index contributed by atoms with van der Waals surface area (Å²) in [7, 11) is 0. The van der Waals surface area contributed by atoms with Gasteiger partial charge in [-0.1, -0.05) is 36.4 Å². The Labute approximate surface area is 218 Å². The van der Waals surface area contributed by atoms with Crippen molar-refractivity contribution in [3.8, 4) is 23.3 Å². The predicted octanol–water partition coefficient (Wildman–Crippen LogP) is 7.52. The quantitative estimate of drug-likeness (QED) is 0.224. The number of fused-ring (bicyclic) bond motifs is 14. The van der Waals surface area contributed by atoms with Gasteiger partial charge in [-0.25, -0.2) is 0 Å². The van der Waals surface area contributed by atoms with Crippen LogP contribution in [0.15, 0.2) is 66.7 Å². The fourth-order valence-electron chi connectivity index (χ4n) is 11.2. The summed E-state index contributed by atoms with van der Waals surface area (Å²) in [6, 6.07) is 28.8. The van der Waals surface area contributed by atoms with Crippen LogP contribution in [0.4, 0.5) is 0 Å². The van der Waals surface area contributed by atoms with E-state index in [9.17, 15) is 10.5 Å². The van der Waals surface area contributed by atoms with Crippen LogP contribution in [0, 0.1) is 51.7 Å². The molecule has 2 aromatic heterocycles. The van der Waals surface area contributed by atoms with Crippen molar-refractivity contribution in [2.75, 3.05) is 0 Å². The normalized spacial score (nSPS) is 32.6. The second-order valence-corrected chi connectivity index (χ2v) is 12.7. The molecule has 38 heavy (non-hydrogen) atoms. The van der Waals surface area contributed by atoms with Crippen LogP contribution < -0.4 is 0 Å². The molecule has 0 saturated heterocycles. The summed E-state index contributed by atoms with van der Waals surface area (Å²) >= 11 is 0. The summed E-state index contributed by atoms with van der Waals surface area (Å²) in [5.74, 6) is 3.46. The van der Waals surface area contributed by atoms with Crippen molar-refractivity contribution in [3.05, 3.63) is 89.0 Å². The minimum absolute atomic E-state index is 0.122. The number of hydrogen-bond donors (Lipinski definition) is 0. The largest absolute Gasteiger partial charge is 0.308 e. The Bertz CT molecular complexity index is 2210. The third-order valence-corrected chi connectivity index (χ3v) is 12.2. The third-order valence-electron chi connectivity index (χ3n) is 12.2. The first-order chi connectivity index (χ1) is 18.7. The van der Waals surface area contributed by atoms with Gasteiger partial charge in [0.15, 0.2) is 0 Å². The number of aromatic nitrogens is 1. The van der Waals surface area contributed by atoms with Crippen molar-refractivity contribution in [1.82, 2.24) is 4.40 Å². The van der Waals surface area contributed by atoms with E-state index in [1.807, 2.05) is 18.2 Å². The summed E-state index contributed by atoms with van der Waals surface area (Å²) in [5, 5.41) is 24.6.